The molecule has 1 aliphatic rings. The zero-order chi connectivity index (χ0) is 18.0. The molecule has 1 aliphatic heterocycles. The van der Waals surface area contributed by atoms with Crippen LogP contribution < -0.4 is 5.46 Å². The quantitative estimate of drug-likeness (QED) is 0.700. The molecule has 0 saturated carbocycles. The van der Waals surface area contributed by atoms with Gasteiger partial charge >= 0.3 is 7.12 Å². The predicted octanol–water partition coefficient (Wildman–Crippen LogP) is 2.60. The van der Waals surface area contributed by atoms with Crippen molar-refractivity contribution in [3.63, 3.8) is 0 Å². The van der Waals surface area contributed by atoms with Crippen LogP contribution in [-0.2, 0) is 9.31 Å². The van der Waals surface area contributed by atoms with Gasteiger partial charge in [0, 0.05) is 4.11 Å². The molecule has 0 spiro atoms. The molecular weight excluding hydrogens is 211 g/mol. The monoisotopic (exact) mass is 238 g/mol. The molecule has 0 unspecified atom stereocenters. The molecule has 17 heavy (non-hydrogen) atoms. The summed E-state index contributed by atoms with van der Waals surface area (Å²) in [4.78, 5) is 0. The molecule has 1 heterocycles. The summed E-state index contributed by atoms with van der Waals surface area (Å²) >= 11 is 0. The van der Waals surface area contributed by atoms with Crippen molar-refractivity contribution >= 4 is 12.6 Å². The molecule has 2 rings (SSSR count). The van der Waals surface area contributed by atoms with Crippen LogP contribution in [0.1, 0.15) is 47.0 Å². The molecule has 0 N–H and O–H groups in total. The smallest absolute Gasteiger partial charge is 0.399 e. The molecule has 1 saturated heterocycles. The van der Waals surface area contributed by atoms with Crippen molar-refractivity contribution in [2.75, 3.05) is 0 Å². The summed E-state index contributed by atoms with van der Waals surface area (Å²) in [6, 6.07) is -1.04. The van der Waals surface area contributed by atoms with Crippen LogP contribution >= 0.6 is 0 Å². The molecule has 1 aromatic rings. The van der Waals surface area contributed by atoms with E-state index in [0.29, 0.717) is 5.56 Å². The van der Waals surface area contributed by atoms with E-state index in [1.807, 2.05) is 27.7 Å². The van der Waals surface area contributed by atoms with Crippen LogP contribution in [-0.4, -0.2) is 18.3 Å². The highest BCUT2D eigenvalue weighted by Gasteiger charge is 2.52. The highest BCUT2D eigenvalue weighted by molar-refractivity contribution is 6.63. The topological polar surface area (TPSA) is 18.5 Å². The van der Waals surface area contributed by atoms with Gasteiger partial charge in [0.2, 0.25) is 0 Å². The second-order valence-electron chi connectivity index (χ2n) is 5.38. The maximum atomic E-state index is 8.01. The fraction of sp³-hybridized carbons (Fsp3) is 0.571. The number of benzene rings is 1. The number of hydrogen-bond donors (Lipinski definition) is 0. The third-order valence-corrected chi connectivity index (χ3v) is 3.60. The molecule has 3 heteroatoms. The van der Waals surface area contributed by atoms with Crippen molar-refractivity contribution in [2.45, 2.75) is 52.7 Å². The fourth-order valence-electron chi connectivity index (χ4n) is 1.77. The van der Waals surface area contributed by atoms with Crippen LogP contribution in [0, 0.1) is 13.8 Å². The summed E-state index contributed by atoms with van der Waals surface area (Å²) in [7, 11) is -0.982. The van der Waals surface area contributed by atoms with Crippen LogP contribution in [0.4, 0.5) is 0 Å². The highest BCUT2D eigenvalue weighted by Crippen LogP contribution is 2.36. The Bertz CT molecular complexity index is 638. The second-order valence-corrected chi connectivity index (χ2v) is 5.38. The lowest BCUT2D eigenvalue weighted by molar-refractivity contribution is 0.00578. The summed E-state index contributed by atoms with van der Waals surface area (Å²) in [6.07, 6.45) is 0. The average Bonchev–Trinajstić information content (AvgIpc) is 2.58. The first-order valence-corrected chi connectivity index (χ1v) is 5.67. The minimum absolute atomic E-state index is 0.173. The minimum atomic E-state index is -2.59. The maximum Gasteiger partial charge on any atom is 0.495 e. The summed E-state index contributed by atoms with van der Waals surface area (Å²) in [5.41, 5.74) is -1.12. The molecule has 0 aromatic heterocycles. The summed E-state index contributed by atoms with van der Waals surface area (Å²) in [5.74, 6) is 0. The molecule has 0 aliphatic carbocycles. The molecule has 92 valence electrons. The van der Waals surface area contributed by atoms with Crippen LogP contribution in [0.25, 0.3) is 0 Å². The first-order valence-electron chi connectivity index (χ1n) is 8.67. The van der Waals surface area contributed by atoms with E-state index in [9.17, 15) is 0 Å². The van der Waals surface area contributed by atoms with Crippen molar-refractivity contribution < 1.29 is 17.5 Å². The lowest BCUT2D eigenvalue weighted by Crippen LogP contribution is -2.41. The van der Waals surface area contributed by atoms with E-state index < -0.39 is 37.3 Å². The third-order valence-electron chi connectivity index (χ3n) is 3.60. The van der Waals surface area contributed by atoms with Crippen molar-refractivity contribution in [1.82, 2.24) is 0 Å². The van der Waals surface area contributed by atoms with E-state index >= 15 is 0 Å². The normalized spacial score (nSPS) is 27.7. The molecule has 1 fully saturated rings. The van der Waals surface area contributed by atoms with Crippen LogP contribution in [0.3, 0.4) is 0 Å². The minimum Gasteiger partial charge on any atom is -0.399 e. The number of rotatable bonds is 1. The van der Waals surface area contributed by atoms with Gasteiger partial charge in [-0.05, 0) is 46.9 Å². The fourth-order valence-corrected chi connectivity index (χ4v) is 1.77. The number of hydrogen-bond acceptors (Lipinski definition) is 2. The Kier molecular flexibility index (Phi) is 1.58. The van der Waals surface area contributed by atoms with Gasteiger partial charge in [-0.2, -0.15) is 0 Å². The van der Waals surface area contributed by atoms with Gasteiger partial charge in [0.1, 0.15) is 0 Å². The first kappa shape index (κ1) is 6.96. The SMILES string of the molecule is [2H]c1c([2H])c(C)c(B2OC(C)(C)C(C)(C)O2)c(C([2H])([2H])[2H])c1[2H]. The lowest BCUT2D eigenvalue weighted by atomic mass is 9.73. The van der Waals surface area contributed by atoms with E-state index in [1.54, 1.807) is 6.92 Å². The summed E-state index contributed by atoms with van der Waals surface area (Å²) in [6.45, 7) is 6.36. The molecule has 1 aromatic carbocycles. The average molecular weight is 238 g/mol. The van der Waals surface area contributed by atoms with Gasteiger partial charge in [-0.25, -0.2) is 0 Å². The Balaban J connectivity index is 2.73. The Morgan fingerprint density at radius 3 is 2.18 bits per heavy atom. The van der Waals surface area contributed by atoms with Gasteiger partial charge in [0.25, 0.3) is 0 Å². The molecule has 0 bridgehead atoms. The highest BCUT2D eigenvalue weighted by atomic mass is 16.7. The summed E-state index contributed by atoms with van der Waals surface area (Å²) < 4.78 is 58.9. The molecular formula is C14H21BO2. The predicted molar refractivity (Wildman–Crippen MR) is 71.6 cm³/mol. The summed E-state index contributed by atoms with van der Waals surface area (Å²) in [5, 5.41) is 0. The van der Waals surface area contributed by atoms with Crippen LogP contribution in [0.15, 0.2) is 18.1 Å². The zero-order valence-electron chi connectivity index (χ0n) is 16.9. The lowest BCUT2D eigenvalue weighted by Gasteiger charge is -2.32. The van der Waals surface area contributed by atoms with Crippen molar-refractivity contribution in [3.05, 3.63) is 29.3 Å². The second kappa shape index (κ2) is 3.86. The van der Waals surface area contributed by atoms with Crippen LogP contribution in [0.2, 0.25) is 0 Å². The Labute approximate surface area is 113 Å². The third kappa shape index (κ3) is 2.02. The maximum absolute atomic E-state index is 8.01. The largest absolute Gasteiger partial charge is 0.495 e. The van der Waals surface area contributed by atoms with Gasteiger partial charge in [0.05, 0.1) is 15.3 Å². The molecule has 0 atom stereocenters. The van der Waals surface area contributed by atoms with Gasteiger partial charge in [-0.3, -0.25) is 0 Å². The van der Waals surface area contributed by atoms with Crippen molar-refractivity contribution in [2.24, 2.45) is 0 Å². The van der Waals surface area contributed by atoms with Gasteiger partial charge in [0.15, 0.2) is 0 Å². The Morgan fingerprint density at radius 2 is 1.65 bits per heavy atom. The van der Waals surface area contributed by atoms with E-state index in [2.05, 4.69) is 0 Å². The van der Waals surface area contributed by atoms with E-state index in [4.69, 9.17) is 17.5 Å². The standard InChI is InChI=1S/C14H21BO2/c1-10-8-7-9-11(2)12(10)15-16-13(3,4)14(5,6)17-15/h7-9H,1-6H3/i1D3,7D,8D,9D. The van der Waals surface area contributed by atoms with Crippen molar-refractivity contribution in [3.8, 4) is 0 Å². The van der Waals surface area contributed by atoms with E-state index in [-0.39, 0.29) is 17.1 Å². The van der Waals surface area contributed by atoms with Gasteiger partial charge < -0.3 is 9.31 Å². The van der Waals surface area contributed by atoms with E-state index in [1.165, 1.54) is 0 Å². The zero-order valence-corrected chi connectivity index (χ0v) is 10.9. The Morgan fingerprint density at radius 1 is 1.12 bits per heavy atom. The van der Waals surface area contributed by atoms with Gasteiger partial charge in [-0.15, -0.1) is 0 Å². The molecule has 0 radical (unpaired) electrons. The first-order chi connectivity index (χ1) is 10.2. The van der Waals surface area contributed by atoms with E-state index in [0.717, 1.165) is 0 Å². The molecule has 2 nitrogen and oxygen atoms in total. The van der Waals surface area contributed by atoms with Crippen LogP contribution in [0.5, 0.6) is 0 Å². The van der Waals surface area contributed by atoms with Crippen molar-refractivity contribution in [1.29, 1.82) is 0 Å². The molecule has 0 amide bonds. The Hall–Kier alpha value is -0.795. The van der Waals surface area contributed by atoms with Gasteiger partial charge in [-0.1, -0.05) is 29.3 Å².